The molecule has 0 aromatic rings. The summed E-state index contributed by atoms with van der Waals surface area (Å²) in [5.41, 5.74) is -0.460. The van der Waals surface area contributed by atoms with Crippen LogP contribution in [0.3, 0.4) is 0 Å². The van der Waals surface area contributed by atoms with Crippen LogP contribution in [0, 0.1) is 0 Å². The van der Waals surface area contributed by atoms with Crippen LogP contribution in [0.1, 0.15) is 34.1 Å². The monoisotopic (exact) mass is 280 g/mol. The lowest BCUT2D eigenvalue weighted by Crippen LogP contribution is -2.51. The summed E-state index contributed by atoms with van der Waals surface area (Å²) in [6.45, 7) is 6.73. The maximum absolute atomic E-state index is 11.6. The molecule has 0 aromatic heterocycles. The zero-order valence-electron chi connectivity index (χ0n) is 11.0. The van der Waals surface area contributed by atoms with Crippen LogP contribution in [0.5, 0.6) is 0 Å². The van der Waals surface area contributed by atoms with E-state index in [1.807, 2.05) is 0 Å². The summed E-state index contributed by atoms with van der Waals surface area (Å²) >= 11 is 0. The zero-order chi connectivity index (χ0) is 14.6. The van der Waals surface area contributed by atoms with Crippen molar-refractivity contribution in [1.82, 2.24) is 10.0 Å². The van der Waals surface area contributed by atoms with Crippen LogP contribution >= 0.6 is 0 Å². The molecule has 0 aliphatic rings. The fourth-order valence-corrected chi connectivity index (χ4v) is 2.29. The molecule has 0 spiro atoms. The molecule has 3 N–H and O–H groups in total. The van der Waals surface area contributed by atoms with E-state index in [0.29, 0.717) is 0 Å². The molecule has 8 heteroatoms. The number of nitrogens with one attached hydrogen (secondary N) is 2. The normalized spacial score (nSPS) is 14.0. The number of aliphatic carboxylic acids is 1. The fraction of sp³-hybridized carbons (Fsp3) is 0.800. The molecule has 0 heterocycles. The molecule has 0 rings (SSSR count). The molecule has 0 saturated carbocycles. The summed E-state index contributed by atoms with van der Waals surface area (Å²) < 4.78 is 25.1. The zero-order valence-corrected chi connectivity index (χ0v) is 11.8. The molecule has 106 valence electrons. The third-order valence-electron chi connectivity index (χ3n) is 1.83. The van der Waals surface area contributed by atoms with E-state index >= 15 is 0 Å². The highest BCUT2D eigenvalue weighted by molar-refractivity contribution is 7.89. The van der Waals surface area contributed by atoms with Crippen molar-refractivity contribution >= 4 is 21.9 Å². The summed E-state index contributed by atoms with van der Waals surface area (Å²) in [7, 11) is -3.77. The van der Waals surface area contributed by atoms with Gasteiger partial charge in [-0.05, 0) is 27.7 Å². The molecule has 0 aliphatic carbocycles. The van der Waals surface area contributed by atoms with Crippen molar-refractivity contribution in [3.63, 3.8) is 0 Å². The fourth-order valence-electron chi connectivity index (χ4n) is 1.08. The van der Waals surface area contributed by atoms with Crippen LogP contribution in [0.15, 0.2) is 0 Å². The predicted octanol–water partition coefficient (Wildman–Crippen LogP) is -0.316. The first-order chi connectivity index (χ1) is 7.93. The quantitative estimate of drug-likeness (QED) is 0.617. The highest BCUT2D eigenvalue weighted by Crippen LogP contribution is 2.00. The summed E-state index contributed by atoms with van der Waals surface area (Å²) in [5.74, 6) is -2.20. The standard InChI is InChI=1S/C10H20N2O5S/c1-7(9(15)11-10(2,3)4)12-18(16,17)6-5-8(13)14/h7,12H,5-6H2,1-4H3,(H,11,15)(H,13,14). The topological polar surface area (TPSA) is 113 Å². The molecule has 1 atom stereocenters. The largest absolute Gasteiger partial charge is 0.481 e. The van der Waals surface area contributed by atoms with Gasteiger partial charge in [0.1, 0.15) is 0 Å². The molecule has 0 bridgehead atoms. The number of hydrogen-bond donors (Lipinski definition) is 3. The van der Waals surface area contributed by atoms with Crippen molar-refractivity contribution in [3.05, 3.63) is 0 Å². The van der Waals surface area contributed by atoms with Gasteiger partial charge >= 0.3 is 5.97 Å². The molecule has 0 radical (unpaired) electrons. The van der Waals surface area contributed by atoms with Gasteiger partial charge in [0.05, 0.1) is 18.2 Å². The SMILES string of the molecule is CC(NS(=O)(=O)CCC(=O)O)C(=O)NC(C)(C)C. The molecule has 7 nitrogen and oxygen atoms in total. The van der Waals surface area contributed by atoms with Crippen molar-refractivity contribution in [3.8, 4) is 0 Å². The third kappa shape index (κ3) is 8.02. The van der Waals surface area contributed by atoms with E-state index in [2.05, 4.69) is 10.0 Å². The highest BCUT2D eigenvalue weighted by atomic mass is 32.2. The number of rotatable bonds is 6. The Balaban J connectivity index is 4.42. The molecular formula is C10H20N2O5S. The maximum Gasteiger partial charge on any atom is 0.304 e. The summed E-state index contributed by atoms with van der Waals surface area (Å²) in [6.07, 6.45) is -0.497. The lowest BCUT2D eigenvalue weighted by Gasteiger charge is -2.23. The van der Waals surface area contributed by atoms with Gasteiger partial charge in [0, 0.05) is 5.54 Å². The van der Waals surface area contributed by atoms with E-state index in [9.17, 15) is 18.0 Å². The summed E-state index contributed by atoms with van der Waals surface area (Å²) in [4.78, 5) is 21.9. The molecule has 0 aromatic carbocycles. The predicted molar refractivity (Wildman–Crippen MR) is 66.5 cm³/mol. The number of carbonyl (C=O) groups is 2. The Bertz CT molecular complexity index is 410. The molecule has 1 unspecified atom stereocenters. The number of carboxylic acids is 1. The minimum absolute atomic E-state index is 0.457. The van der Waals surface area contributed by atoms with Crippen LogP contribution in [0.25, 0.3) is 0 Å². The Morgan fingerprint density at radius 1 is 1.28 bits per heavy atom. The second-order valence-corrected chi connectivity index (χ2v) is 6.91. The van der Waals surface area contributed by atoms with Gasteiger partial charge in [-0.1, -0.05) is 0 Å². The number of sulfonamides is 1. The Kier molecular flexibility index (Phi) is 5.75. The van der Waals surface area contributed by atoms with Gasteiger partial charge < -0.3 is 10.4 Å². The minimum atomic E-state index is -3.77. The molecular weight excluding hydrogens is 260 g/mol. The molecule has 0 aliphatic heterocycles. The van der Waals surface area contributed by atoms with Gasteiger partial charge in [-0.2, -0.15) is 0 Å². The maximum atomic E-state index is 11.6. The van der Waals surface area contributed by atoms with Gasteiger partial charge in [0.25, 0.3) is 0 Å². The number of hydrogen-bond acceptors (Lipinski definition) is 4. The van der Waals surface area contributed by atoms with E-state index < -0.39 is 45.7 Å². The van der Waals surface area contributed by atoms with Crippen molar-refractivity contribution < 1.29 is 23.1 Å². The first-order valence-electron chi connectivity index (χ1n) is 5.47. The van der Waals surface area contributed by atoms with Crippen molar-refractivity contribution in [1.29, 1.82) is 0 Å². The van der Waals surface area contributed by atoms with Crippen LogP contribution < -0.4 is 10.0 Å². The van der Waals surface area contributed by atoms with Crippen LogP contribution in [0.4, 0.5) is 0 Å². The Hall–Kier alpha value is -1.15. The van der Waals surface area contributed by atoms with Crippen LogP contribution in [-0.4, -0.2) is 42.7 Å². The van der Waals surface area contributed by atoms with E-state index in [1.165, 1.54) is 6.92 Å². The van der Waals surface area contributed by atoms with Gasteiger partial charge in [0.15, 0.2) is 0 Å². The Morgan fingerprint density at radius 3 is 2.17 bits per heavy atom. The first kappa shape index (κ1) is 16.9. The average molecular weight is 280 g/mol. The summed E-state index contributed by atoms with van der Waals surface area (Å²) in [6, 6.07) is -0.942. The molecule has 0 fully saturated rings. The van der Waals surface area contributed by atoms with Crippen LogP contribution in [-0.2, 0) is 19.6 Å². The molecule has 1 amide bonds. The minimum Gasteiger partial charge on any atom is -0.481 e. The number of carboxylic acid groups (broad SMARTS) is 1. The number of amides is 1. The van der Waals surface area contributed by atoms with Gasteiger partial charge in [0.2, 0.25) is 15.9 Å². The second-order valence-electron chi connectivity index (χ2n) is 5.04. The average Bonchev–Trinajstić information content (AvgIpc) is 2.11. The summed E-state index contributed by atoms with van der Waals surface area (Å²) in [5, 5.41) is 11.0. The third-order valence-corrected chi connectivity index (χ3v) is 3.29. The van der Waals surface area contributed by atoms with Gasteiger partial charge in [-0.25, -0.2) is 13.1 Å². The van der Waals surface area contributed by atoms with E-state index in [-0.39, 0.29) is 0 Å². The Labute approximate surface area is 107 Å². The smallest absolute Gasteiger partial charge is 0.304 e. The van der Waals surface area contributed by atoms with Crippen molar-refractivity contribution in [2.24, 2.45) is 0 Å². The van der Waals surface area contributed by atoms with Crippen molar-refractivity contribution in [2.45, 2.75) is 45.7 Å². The lowest BCUT2D eigenvalue weighted by molar-refractivity contribution is -0.136. The molecule has 18 heavy (non-hydrogen) atoms. The van der Waals surface area contributed by atoms with E-state index in [4.69, 9.17) is 5.11 Å². The Morgan fingerprint density at radius 2 is 1.78 bits per heavy atom. The second kappa shape index (κ2) is 6.14. The first-order valence-corrected chi connectivity index (χ1v) is 7.12. The highest BCUT2D eigenvalue weighted by Gasteiger charge is 2.23. The van der Waals surface area contributed by atoms with Crippen LogP contribution in [0.2, 0.25) is 0 Å². The number of carbonyl (C=O) groups excluding carboxylic acids is 1. The van der Waals surface area contributed by atoms with E-state index in [0.717, 1.165) is 0 Å². The van der Waals surface area contributed by atoms with Gasteiger partial charge in [-0.15, -0.1) is 0 Å². The van der Waals surface area contributed by atoms with Gasteiger partial charge in [-0.3, -0.25) is 9.59 Å². The molecule has 0 saturated heterocycles. The lowest BCUT2D eigenvalue weighted by atomic mass is 10.1. The van der Waals surface area contributed by atoms with Crippen molar-refractivity contribution in [2.75, 3.05) is 5.75 Å². The van der Waals surface area contributed by atoms with E-state index in [1.54, 1.807) is 20.8 Å².